The largest absolute Gasteiger partial charge is 0.506 e. The molecule has 114 valence electrons. The molecule has 6 nitrogen and oxygen atoms in total. The zero-order valence-electron chi connectivity index (χ0n) is 11.9. The Labute approximate surface area is 134 Å². The molecule has 0 spiro atoms. The fourth-order valence-electron chi connectivity index (χ4n) is 2.30. The predicted octanol–water partition coefficient (Wildman–Crippen LogP) is 2.62. The molecular weight excluding hydrogens is 316 g/mol. The summed E-state index contributed by atoms with van der Waals surface area (Å²) in [6.07, 6.45) is 0. The zero-order valence-corrected chi connectivity index (χ0v) is 12.7. The van der Waals surface area contributed by atoms with Crippen LogP contribution in [0.3, 0.4) is 0 Å². The van der Waals surface area contributed by atoms with Gasteiger partial charge in [0, 0.05) is 10.9 Å². The van der Waals surface area contributed by atoms with Gasteiger partial charge in [0.25, 0.3) is 5.56 Å². The van der Waals surface area contributed by atoms with Gasteiger partial charge < -0.3 is 14.8 Å². The molecule has 3 rings (SSSR count). The lowest BCUT2D eigenvalue weighted by Crippen LogP contribution is -2.09. The van der Waals surface area contributed by atoms with Crippen LogP contribution in [0.1, 0.15) is 15.9 Å². The highest BCUT2D eigenvalue weighted by molar-refractivity contribution is 7.17. The number of fused-ring (bicyclic) bond motifs is 1. The number of methoxy groups -OCH3 is 1. The number of H-pyrrole nitrogens is 1. The average Bonchev–Trinajstić information content (AvgIpc) is 2.98. The van der Waals surface area contributed by atoms with Crippen molar-refractivity contribution < 1.29 is 14.6 Å². The number of nitriles is 1. The first-order valence-electron chi connectivity index (χ1n) is 6.52. The lowest BCUT2D eigenvalue weighted by molar-refractivity contribution is 0.0601. The number of thiophene rings is 1. The number of rotatable bonds is 2. The third-order valence-electron chi connectivity index (χ3n) is 3.45. The molecule has 0 aliphatic carbocycles. The minimum absolute atomic E-state index is 0.316. The molecule has 0 unspecified atom stereocenters. The molecule has 2 aromatic heterocycles. The second kappa shape index (κ2) is 5.59. The number of aromatic hydroxyl groups is 1. The number of ether oxygens (including phenoxy) is 1. The Morgan fingerprint density at radius 2 is 2.04 bits per heavy atom. The summed E-state index contributed by atoms with van der Waals surface area (Å²) in [6.45, 7) is 0. The van der Waals surface area contributed by atoms with Crippen molar-refractivity contribution in [3.05, 3.63) is 51.1 Å². The minimum atomic E-state index is -0.619. The van der Waals surface area contributed by atoms with Crippen molar-refractivity contribution in [3.8, 4) is 22.9 Å². The fraction of sp³-hybridized carbons (Fsp3) is 0.0625. The first kappa shape index (κ1) is 14.8. The Hall–Kier alpha value is -3.11. The van der Waals surface area contributed by atoms with E-state index in [4.69, 9.17) is 5.26 Å². The molecule has 2 heterocycles. The molecule has 0 aliphatic rings. The Morgan fingerprint density at radius 1 is 1.35 bits per heavy atom. The summed E-state index contributed by atoms with van der Waals surface area (Å²) < 4.78 is 4.65. The number of esters is 1. The summed E-state index contributed by atoms with van der Waals surface area (Å²) in [7, 11) is 1.31. The fourth-order valence-corrected chi connectivity index (χ4v) is 3.27. The van der Waals surface area contributed by atoms with Crippen LogP contribution in [-0.4, -0.2) is 23.2 Å². The summed E-state index contributed by atoms with van der Waals surface area (Å²) in [4.78, 5) is 26.2. The van der Waals surface area contributed by atoms with E-state index in [0.29, 0.717) is 21.3 Å². The molecule has 0 aliphatic heterocycles. The highest BCUT2D eigenvalue weighted by Crippen LogP contribution is 2.38. The Bertz CT molecular complexity index is 1010. The van der Waals surface area contributed by atoms with Crippen LogP contribution in [0.4, 0.5) is 0 Å². The van der Waals surface area contributed by atoms with Crippen LogP contribution < -0.4 is 5.56 Å². The van der Waals surface area contributed by atoms with E-state index >= 15 is 0 Å². The smallest absolute Gasteiger partial charge is 0.337 e. The van der Waals surface area contributed by atoms with E-state index in [9.17, 15) is 14.7 Å². The standard InChI is InChI=1S/C16H10N2O4S/c1-22-16(21)9-4-2-8(3-5-9)11-7-23-15-12(11)13(19)10(6-17)14(20)18-15/h2-5,7H,1H3,(H2,18,19,20). The molecule has 0 atom stereocenters. The number of hydrogen-bond acceptors (Lipinski definition) is 6. The molecule has 7 heteroatoms. The van der Waals surface area contributed by atoms with Crippen molar-refractivity contribution >= 4 is 27.5 Å². The van der Waals surface area contributed by atoms with Gasteiger partial charge in [-0.3, -0.25) is 4.79 Å². The monoisotopic (exact) mass is 326 g/mol. The predicted molar refractivity (Wildman–Crippen MR) is 85.6 cm³/mol. The summed E-state index contributed by atoms with van der Waals surface area (Å²) in [6, 6.07) is 8.35. The van der Waals surface area contributed by atoms with E-state index in [1.807, 2.05) is 0 Å². The van der Waals surface area contributed by atoms with Crippen LogP contribution in [0.5, 0.6) is 5.75 Å². The lowest BCUT2D eigenvalue weighted by atomic mass is 10.0. The van der Waals surface area contributed by atoms with E-state index in [0.717, 1.165) is 5.56 Å². The molecule has 0 saturated carbocycles. The normalized spacial score (nSPS) is 10.4. The van der Waals surface area contributed by atoms with Crippen molar-refractivity contribution in [2.24, 2.45) is 0 Å². The Balaban J connectivity index is 2.20. The van der Waals surface area contributed by atoms with Crippen LogP contribution >= 0.6 is 11.3 Å². The SMILES string of the molecule is COC(=O)c1ccc(-c2csc3[nH]c(=O)c(C#N)c(O)c23)cc1. The number of carbonyl (C=O) groups is 1. The van der Waals surface area contributed by atoms with Crippen LogP contribution in [0, 0.1) is 11.3 Å². The van der Waals surface area contributed by atoms with E-state index in [1.54, 1.807) is 35.7 Å². The maximum Gasteiger partial charge on any atom is 0.337 e. The van der Waals surface area contributed by atoms with Crippen LogP contribution in [0.15, 0.2) is 34.4 Å². The van der Waals surface area contributed by atoms with Crippen molar-refractivity contribution in [2.45, 2.75) is 0 Å². The van der Waals surface area contributed by atoms with Crippen LogP contribution in [-0.2, 0) is 4.74 Å². The summed E-state index contributed by atoms with van der Waals surface area (Å²) >= 11 is 1.25. The molecule has 2 N–H and O–H groups in total. The third kappa shape index (κ3) is 2.35. The number of carbonyl (C=O) groups excluding carboxylic acids is 1. The molecule has 0 radical (unpaired) electrons. The van der Waals surface area contributed by atoms with Gasteiger partial charge in [-0.2, -0.15) is 5.26 Å². The maximum absolute atomic E-state index is 11.7. The van der Waals surface area contributed by atoms with Crippen molar-refractivity contribution in [2.75, 3.05) is 7.11 Å². The van der Waals surface area contributed by atoms with Crippen molar-refractivity contribution in [1.82, 2.24) is 4.98 Å². The average molecular weight is 326 g/mol. The van der Waals surface area contributed by atoms with Gasteiger partial charge >= 0.3 is 5.97 Å². The molecule has 0 saturated heterocycles. The van der Waals surface area contributed by atoms with Gasteiger partial charge in [-0.25, -0.2) is 4.79 Å². The molecule has 0 bridgehead atoms. The van der Waals surface area contributed by atoms with E-state index < -0.39 is 11.5 Å². The van der Waals surface area contributed by atoms with Crippen molar-refractivity contribution in [3.63, 3.8) is 0 Å². The quantitative estimate of drug-likeness (QED) is 0.705. The number of benzene rings is 1. The Morgan fingerprint density at radius 3 is 2.65 bits per heavy atom. The molecule has 0 fully saturated rings. The molecule has 0 amide bonds. The second-order valence-corrected chi connectivity index (χ2v) is 5.59. The summed E-state index contributed by atoms with van der Waals surface area (Å²) in [5.41, 5.74) is 0.892. The Kier molecular flexibility index (Phi) is 3.60. The summed E-state index contributed by atoms with van der Waals surface area (Å²) in [5.74, 6) is -0.773. The zero-order chi connectivity index (χ0) is 16.6. The van der Waals surface area contributed by atoms with Gasteiger partial charge in [0.05, 0.1) is 18.1 Å². The van der Waals surface area contributed by atoms with E-state index in [-0.39, 0.29) is 11.3 Å². The topological polar surface area (TPSA) is 103 Å². The lowest BCUT2D eigenvalue weighted by Gasteiger charge is -2.04. The van der Waals surface area contributed by atoms with Crippen LogP contribution in [0.25, 0.3) is 21.3 Å². The second-order valence-electron chi connectivity index (χ2n) is 4.71. The highest BCUT2D eigenvalue weighted by atomic mass is 32.1. The number of aromatic nitrogens is 1. The van der Waals surface area contributed by atoms with E-state index in [1.165, 1.54) is 18.4 Å². The van der Waals surface area contributed by atoms with Crippen molar-refractivity contribution in [1.29, 1.82) is 5.26 Å². The molecule has 1 aromatic carbocycles. The van der Waals surface area contributed by atoms with Gasteiger partial charge in [-0.05, 0) is 17.7 Å². The highest BCUT2D eigenvalue weighted by Gasteiger charge is 2.17. The number of nitrogens with zero attached hydrogens (tertiary/aromatic N) is 1. The minimum Gasteiger partial charge on any atom is -0.506 e. The van der Waals surface area contributed by atoms with Gasteiger partial charge in [0.15, 0.2) is 5.56 Å². The number of nitrogens with one attached hydrogen (secondary N) is 1. The molecule has 23 heavy (non-hydrogen) atoms. The molecule has 3 aromatic rings. The van der Waals surface area contributed by atoms with Crippen LogP contribution in [0.2, 0.25) is 0 Å². The first-order valence-corrected chi connectivity index (χ1v) is 7.40. The number of aromatic amines is 1. The maximum atomic E-state index is 11.7. The third-order valence-corrected chi connectivity index (χ3v) is 4.34. The number of pyridine rings is 1. The molecular formula is C16H10N2O4S. The number of hydrogen-bond donors (Lipinski definition) is 2. The van der Waals surface area contributed by atoms with Gasteiger partial charge in [0.1, 0.15) is 16.6 Å². The van der Waals surface area contributed by atoms with Gasteiger partial charge in [0.2, 0.25) is 0 Å². The van der Waals surface area contributed by atoms with E-state index in [2.05, 4.69) is 9.72 Å². The van der Waals surface area contributed by atoms with Gasteiger partial charge in [-0.1, -0.05) is 12.1 Å². The van der Waals surface area contributed by atoms with Gasteiger partial charge in [-0.15, -0.1) is 11.3 Å². The first-order chi connectivity index (χ1) is 11.1. The summed E-state index contributed by atoms with van der Waals surface area (Å²) in [5, 5.41) is 21.4.